The van der Waals surface area contributed by atoms with Gasteiger partial charge in [0.1, 0.15) is 17.5 Å². The van der Waals surface area contributed by atoms with Crippen LogP contribution in [-0.2, 0) is 0 Å². The van der Waals surface area contributed by atoms with Crippen LogP contribution in [0.5, 0.6) is 5.75 Å². The van der Waals surface area contributed by atoms with Crippen LogP contribution in [0.15, 0.2) is 36.5 Å². The third-order valence-electron chi connectivity index (χ3n) is 3.24. The highest BCUT2D eigenvalue weighted by molar-refractivity contribution is 5.95. The van der Waals surface area contributed by atoms with Crippen molar-refractivity contribution >= 4 is 5.91 Å². The van der Waals surface area contributed by atoms with Crippen LogP contribution in [0, 0.1) is 17.2 Å². The number of aromatic nitrogens is 1. The fraction of sp³-hybridized carbons (Fsp3) is 0.294. The van der Waals surface area contributed by atoms with Gasteiger partial charge < -0.3 is 14.6 Å². The van der Waals surface area contributed by atoms with Crippen molar-refractivity contribution in [1.82, 2.24) is 9.88 Å². The second-order valence-electron chi connectivity index (χ2n) is 5.36. The Balaban J connectivity index is 2.38. The summed E-state index contributed by atoms with van der Waals surface area (Å²) in [5, 5.41) is 12.1. The summed E-state index contributed by atoms with van der Waals surface area (Å²) in [6.07, 6.45) is 1.73. The van der Waals surface area contributed by atoms with Crippen molar-refractivity contribution in [3.05, 3.63) is 47.8 Å². The Labute approximate surface area is 130 Å². The zero-order chi connectivity index (χ0) is 16.1. The van der Waals surface area contributed by atoms with Gasteiger partial charge in [0.2, 0.25) is 0 Å². The Bertz CT molecular complexity index is 694. The predicted octanol–water partition coefficient (Wildman–Crippen LogP) is 2.74. The molecule has 1 aromatic heterocycles. The van der Waals surface area contributed by atoms with Crippen LogP contribution in [0.25, 0.3) is 5.69 Å². The monoisotopic (exact) mass is 297 g/mol. The van der Waals surface area contributed by atoms with Crippen molar-refractivity contribution in [3.63, 3.8) is 0 Å². The molecule has 0 saturated carbocycles. The quantitative estimate of drug-likeness (QED) is 0.922. The highest BCUT2D eigenvalue weighted by Crippen LogP contribution is 2.20. The normalized spacial score (nSPS) is 10.3. The maximum Gasteiger partial charge on any atom is 0.269 e. The lowest BCUT2D eigenvalue weighted by Crippen LogP contribution is -2.29. The van der Waals surface area contributed by atoms with Crippen LogP contribution in [0.1, 0.15) is 29.9 Å². The number of nitrogens with one attached hydrogen (secondary N) is 1. The molecule has 0 bridgehead atoms. The van der Waals surface area contributed by atoms with E-state index in [1.807, 2.05) is 38.1 Å². The number of hydrogen-bond donors (Lipinski definition) is 1. The van der Waals surface area contributed by atoms with E-state index >= 15 is 0 Å². The van der Waals surface area contributed by atoms with E-state index in [0.717, 1.165) is 11.4 Å². The molecule has 2 aromatic rings. The van der Waals surface area contributed by atoms with Crippen molar-refractivity contribution in [2.24, 2.45) is 5.92 Å². The molecule has 2 rings (SSSR count). The van der Waals surface area contributed by atoms with E-state index in [1.165, 1.54) is 0 Å². The molecule has 1 aromatic carbocycles. The first-order valence-corrected chi connectivity index (χ1v) is 7.11. The van der Waals surface area contributed by atoms with E-state index in [0.29, 0.717) is 23.7 Å². The summed E-state index contributed by atoms with van der Waals surface area (Å²) in [5.74, 6) is 0.840. The number of benzene rings is 1. The lowest BCUT2D eigenvalue weighted by atomic mass is 10.2. The molecule has 5 nitrogen and oxygen atoms in total. The van der Waals surface area contributed by atoms with Crippen LogP contribution in [0.4, 0.5) is 0 Å². The van der Waals surface area contributed by atoms with Gasteiger partial charge in [0.15, 0.2) is 0 Å². The lowest BCUT2D eigenvalue weighted by molar-refractivity contribution is 0.0942. The molecule has 0 aliphatic carbocycles. The number of nitriles is 1. The largest absolute Gasteiger partial charge is 0.497 e. The third-order valence-corrected chi connectivity index (χ3v) is 3.24. The molecule has 0 fully saturated rings. The molecule has 0 spiro atoms. The molecule has 0 aliphatic heterocycles. The van der Waals surface area contributed by atoms with E-state index in [2.05, 4.69) is 11.4 Å². The summed E-state index contributed by atoms with van der Waals surface area (Å²) in [5.41, 5.74) is 1.52. The number of carbonyl (C=O) groups excluding carboxylic acids is 1. The minimum Gasteiger partial charge on any atom is -0.497 e. The van der Waals surface area contributed by atoms with Crippen molar-refractivity contribution in [3.8, 4) is 17.5 Å². The minimum atomic E-state index is -0.244. The van der Waals surface area contributed by atoms with Gasteiger partial charge in [-0.3, -0.25) is 4.79 Å². The SMILES string of the molecule is COc1ccc(-n2ccc(C#N)c2C(=O)NCC(C)C)cc1. The lowest BCUT2D eigenvalue weighted by Gasteiger charge is -2.12. The van der Waals surface area contributed by atoms with Crippen molar-refractivity contribution in [2.45, 2.75) is 13.8 Å². The second kappa shape index (κ2) is 6.81. The van der Waals surface area contributed by atoms with Crippen LogP contribution >= 0.6 is 0 Å². The Morgan fingerprint density at radius 3 is 2.55 bits per heavy atom. The summed E-state index contributed by atoms with van der Waals surface area (Å²) >= 11 is 0. The maximum atomic E-state index is 12.4. The van der Waals surface area contributed by atoms with Crippen LogP contribution in [0.3, 0.4) is 0 Å². The smallest absolute Gasteiger partial charge is 0.269 e. The molecule has 0 aliphatic rings. The molecule has 0 saturated heterocycles. The fourth-order valence-electron chi connectivity index (χ4n) is 2.09. The number of nitrogens with zero attached hydrogens (tertiary/aromatic N) is 2. The van der Waals surface area contributed by atoms with Gasteiger partial charge in [0.05, 0.1) is 12.7 Å². The zero-order valence-corrected chi connectivity index (χ0v) is 13.0. The summed E-state index contributed by atoms with van der Waals surface area (Å²) in [7, 11) is 1.60. The van der Waals surface area contributed by atoms with Gasteiger partial charge in [-0.25, -0.2) is 0 Å². The van der Waals surface area contributed by atoms with Gasteiger partial charge in [0, 0.05) is 18.4 Å². The number of amides is 1. The van der Waals surface area contributed by atoms with Crippen molar-refractivity contribution in [1.29, 1.82) is 5.26 Å². The van der Waals surface area contributed by atoms with Crippen LogP contribution in [0.2, 0.25) is 0 Å². The molecular formula is C17H19N3O2. The van der Waals surface area contributed by atoms with Gasteiger partial charge in [-0.05, 0) is 36.2 Å². The molecule has 1 N–H and O–H groups in total. The number of methoxy groups -OCH3 is 1. The highest BCUT2D eigenvalue weighted by Gasteiger charge is 2.18. The van der Waals surface area contributed by atoms with E-state index in [9.17, 15) is 10.1 Å². The van der Waals surface area contributed by atoms with Gasteiger partial charge in [0.25, 0.3) is 5.91 Å². The van der Waals surface area contributed by atoms with E-state index in [1.54, 1.807) is 23.9 Å². The van der Waals surface area contributed by atoms with Crippen LogP contribution in [-0.4, -0.2) is 24.1 Å². The Morgan fingerprint density at radius 1 is 1.32 bits per heavy atom. The maximum absolute atomic E-state index is 12.4. The fourth-order valence-corrected chi connectivity index (χ4v) is 2.09. The molecule has 1 amide bonds. The molecule has 5 heteroatoms. The average molecular weight is 297 g/mol. The summed E-state index contributed by atoms with van der Waals surface area (Å²) in [4.78, 5) is 12.4. The van der Waals surface area contributed by atoms with Crippen molar-refractivity contribution in [2.75, 3.05) is 13.7 Å². The Morgan fingerprint density at radius 2 is 2.00 bits per heavy atom. The standard InChI is InChI=1S/C17H19N3O2/c1-12(2)11-19-17(21)16-13(10-18)8-9-20(16)14-4-6-15(22-3)7-5-14/h4-9,12H,11H2,1-3H3,(H,19,21). The van der Waals surface area contributed by atoms with Gasteiger partial charge in [-0.2, -0.15) is 5.26 Å². The number of carbonyl (C=O) groups is 1. The Kier molecular flexibility index (Phi) is 4.84. The van der Waals surface area contributed by atoms with Gasteiger partial charge in [-0.1, -0.05) is 13.8 Å². The highest BCUT2D eigenvalue weighted by atomic mass is 16.5. The molecular weight excluding hydrogens is 278 g/mol. The summed E-state index contributed by atoms with van der Waals surface area (Å²) in [6, 6.07) is 11.0. The Hall–Kier alpha value is -2.74. The molecule has 1 heterocycles. The molecule has 0 unspecified atom stereocenters. The number of hydrogen-bond acceptors (Lipinski definition) is 3. The molecule has 22 heavy (non-hydrogen) atoms. The topological polar surface area (TPSA) is 67.0 Å². The third kappa shape index (κ3) is 3.29. The van der Waals surface area contributed by atoms with Crippen LogP contribution < -0.4 is 10.1 Å². The van der Waals surface area contributed by atoms with Crippen molar-refractivity contribution < 1.29 is 9.53 Å². The molecule has 114 valence electrons. The summed E-state index contributed by atoms with van der Waals surface area (Å²) in [6.45, 7) is 4.61. The first-order valence-electron chi connectivity index (χ1n) is 7.11. The van der Waals surface area contributed by atoms with Gasteiger partial charge in [-0.15, -0.1) is 0 Å². The second-order valence-corrected chi connectivity index (χ2v) is 5.36. The van der Waals surface area contributed by atoms with E-state index in [4.69, 9.17) is 4.74 Å². The number of rotatable bonds is 5. The zero-order valence-electron chi connectivity index (χ0n) is 13.0. The predicted molar refractivity (Wildman–Crippen MR) is 84.2 cm³/mol. The van der Waals surface area contributed by atoms with E-state index in [-0.39, 0.29) is 5.91 Å². The minimum absolute atomic E-state index is 0.244. The molecule has 0 radical (unpaired) electrons. The van der Waals surface area contributed by atoms with Gasteiger partial charge >= 0.3 is 0 Å². The average Bonchev–Trinajstić information content (AvgIpc) is 2.96. The molecule has 0 atom stereocenters. The first-order chi connectivity index (χ1) is 10.6. The number of ether oxygens (including phenoxy) is 1. The first kappa shape index (κ1) is 15.6. The van der Waals surface area contributed by atoms with E-state index < -0.39 is 0 Å². The summed E-state index contributed by atoms with van der Waals surface area (Å²) < 4.78 is 6.85.